The minimum Gasteiger partial charge on any atom is -0.383 e. The van der Waals surface area contributed by atoms with E-state index in [4.69, 9.17) is 11.5 Å². The molecule has 0 bridgehead atoms. The van der Waals surface area contributed by atoms with Crippen LogP contribution in [-0.2, 0) is 12.8 Å². The van der Waals surface area contributed by atoms with E-state index in [0.29, 0.717) is 11.6 Å². The van der Waals surface area contributed by atoms with Crippen molar-refractivity contribution < 1.29 is 0 Å². The molecule has 6 nitrogen and oxygen atoms in total. The normalized spacial score (nSPS) is 12.2. The highest BCUT2D eigenvalue weighted by Gasteiger charge is 2.14. The van der Waals surface area contributed by atoms with E-state index in [1.165, 1.54) is 12.0 Å². The van der Waals surface area contributed by atoms with Crippen LogP contribution in [0.1, 0.15) is 25.1 Å². The molecule has 5 N–H and O–H groups in total. The fraction of sp³-hybridized carbons (Fsp3) is 0.267. The second-order valence-corrected chi connectivity index (χ2v) is 4.69. The number of anilines is 2. The van der Waals surface area contributed by atoms with Crippen molar-refractivity contribution in [2.24, 2.45) is 0 Å². The second-order valence-electron chi connectivity index (χ2n) is 4.69. The average Bonchev–Trinajstić information content (AvgIpc) is 3.08. The standard InChI is InChI=1S/C7H9N3.C7H7N3.CH4/c8-7-5-2-1-3-6(5)9-4-10-7;8-7-5-3-1-2-4-6(5)9-10-7;/h4H,1-3H2,(H2,8,9,10);1-4H,(H3,8,9,10);1H4. The minimum atomic E-state index is 0. The van der Waals surface area contributed by atoms with Gasteiger partial charge in [-0.1, -0.05) is 19.6 Å². The van der Waals surface area contributed by atoms with Gasteiger partial charge in [0, 0.05) is 16.6 Å². The number of benzene rings is 1. The summed E-state index contributed by atoms with van der Waals surface area (Å²) in [6.07, 6.45) is 4.85. The third-order valence-corrected chi connectivity index (χ3v) is 3.41. The maximum absolute atomic E-state index is 5.62. The molecule has 0 aliphatic heterocycles. The first-order valence-electron chi connectivity index (χ1n) is 6.52. The molecular weight excluding hydrogens is 264 g/mol. The molecule has 0 spiro atoms. The monoisotopic (exact) mass is 284 g/mol. The van der Waals surface area contributed by atoms with Gasteiger partial charge in [0.15, 0.2) is 5.82 Å². The molecule has 0 unspecified atom stereocenters. The third-order valence-electron chi connectivity index (χ3n) is 3.41. The van der Waals surface area contributed by atoms with Crippen LogP contribution >= 0.6 is 0 Å². The molecule has 0 saturated carbocycles. The molecule has 3 aromatic rings. The largest absolute Gasteiger partial charge is 0.383 e. The summed E-state index contributed by atoms with van der Waals surface area (Å²) in [5.74, 6) is 1.23. The predicted octanol–water partition coefficient (Wildman–Crippen LogP) is 2.33. The van der Waals surface area contributed by atoms with E-state index in [1.807, 2.05) is 24.3 Å². The Balaban J connectivity index is 0.000000147. The number of fused-ring (bicyclic) bond motifs is 2. The van der Waals surface area contributed by atoms with Gasteiger partial charge in [-0.3, -0.25) is 5.10 Å². The van der Waals surface area contributed by atoms with Gasteiger partial charge < -0.3 is 11.5 Å². The molecule has 110 valence electrons. The summed E-state index contributed by atoms with van der Waals surface area (Å²) in [5, 5.41) is 7.65. The van der Waals surface area contributed by atoms with E-state index < -0.39 is 0 Å². The summed E-state index contributed by atoms with van der Waals surface area (Å²) >= 11 is 0. The summed E-state index contributed by atoms with van der Waals surface area (Å²) in [5.41, 5.74) is 14.5. The van der Waals surface area contributed by atoms with Gasteiger partial charge in [-0.2, -0.15) is 5.10 Å². The van der Waals surface area contributed by atoms with Crippen molar-refractivity contribution >= 4 is 22.5 Å². The number of aromatic nitrogens is 4. The molecule has 1 aliphatic rings. The highest BCUT2D eigenvalue weighted by Crippen LogP contribution is 2.22. The van der Waals surface area contributed by atoms with Crippen LogP contribution in [-0.4, -0.2) is 20.2 Å². The van der Waals surface area contributed by atoms with Crippen molar-refractivity contribution in [3.8, 4) is 0 Å². The summed E-state index contributed by atoms with van der Waals surface area (Å²) in [6.45, 7) is 0. The number of hydrogen-bond donors (Lipinski definition) is 3. The van der Waals surface area contributed by atoms with Crippen LogP contribution in [0.3, 0.4) is 0 Å². The molecule has 21 heavy (non-hydrogen) atoms. The van der Waals surface area contributed by atoms with Crippen LogP contribution < -0.4 is 11.5 Å². The molecule has 0 amide bonds. The molecule has 6 heteroatoms. The topological polar surface area (TPSA) is 106 Å². The zero-order chi connectivity index (χ0) is 13.9. The molecule has 1 aliphatic carbocycles. The lowest BCUT2D eigenvalue weighted by Crippen LogP contribution is -1.98. The Morgan fingerprint density at radius 2 is 1.81 bits per heavy atom. The van der Waals surface area contributed by atoms with Crippen molar-refractivity contribution in [2.45, 2.75) is 26.7 Å². The molecule has 2 heterocycles. The zero-order valence-corrected chi connectivity index (χ0v) is 11.0. The van der Waals surface area contributed by atoms with Crippen molar-refractivity contribution in [3.05, 3.63) is 41.9 Å². The summed E-state index contributed by atoms with van der Waals surface area (Å²) in [6, 6.07) is 7.76. The highest BCUT2D eigenvalue weighted by atomic mass is 15.1. The van der Waals surface area contributed by atoms with Gasteiger partial charge in [-0.25, -0.2) is 9.97 Å². The number of hydrogen-bond acceptors (Lipinski definition) is 5. The maximum atomic E-state index is 5.62. The first-order valence-corrected chi connectivity index (χ1v) is 6.52. The average molecular weight is 284 g/mol. The molecule has 2 aromatic heterocycles. The maximum Gasteiger partial charge on any atom is 0.153 e. The second kappa shape index (κ2) is 6.21. The molecule has 0 atom stereocenters. The van der Waals surface area contributed by atoms with Gasteiger partial charge in [0.25, 0.3) is 0 Å². The quantitative estimate of drug-likeness (QED) is 0.587. The molecule has 0 radical (unpaired) electrons. The number of aromatic amines is 1. The van der Waals surface area contributed by atoms with Gasteiger partial charge >= 0.3 is 0 Å². The molecular formula is C15H20N6. The Hall–Kier alpha value is -2.63. The van der Waals surface area contributed by atoms with Gasteiger partial charge in [-0.05, 0) is 31.4 Å². The van der Waals surface area contributed by atoms with Gasteiger partial charge in [0.2, 0.25) is 0 Å². The van der Waals surface area contributed by atoms with E-state index in [0.717, 1.165) is 29.4 Å². The Morgan fingerprint density at radius 3 is 2.57 bits per heavy atom. The number of nitrogens with two attached hydrogens (primary N) is 2. The Kier molecular flexibility index (Phi) is 4.37. The van der Waals surface area contributed by atoms with Gasteiger partial charge in [-0.15, -0.1) is 0 Å². The summed E-state index contributed by atoms with van der Waals surface area (Å²) in [7, 11) is 0. The lowest BCUT2D eigenvalue weighted by molar-refractivity contribution is 0.899. The van der Waals surface area contributed by atoms with Crippen LogP contribution in [0.5, 0.6) is 0 Å². The van der Waals surface area contributed by atoms with E-state index in [1.54, 1.807) is 6.33 Å². The van der Waals surface area contributed by atoms with Crippen LogP contribution in [0.15, 0.2) is 30.6 Å². The molecule has 4 rings (SSSR count). The van der Waals surface area contributed by atoms with Crippen LogP contribution in [0.2, 0.25) is 0 Å². The van der Waals surface area contributed by atoms with Crippen LogP contribution in [0, 0.1) is 0 Å². The van der Waals surface area contributed by atoms with Crippen LogP contribution in [0.25, 0.3) is 10.9 Å². The third kappa shape index (κ3) is 2.94. The highest BCUT2D eigenvalue weighted by molar-refractivity contribution is 5.88. The Morgan fingerprint density at radius 1 is 1.00 bits per heavy atom. The van der Waals surface area contributed by atoms with Crippen LogP contribution in [0.4, 0.5) is 11.6 Å². The fourth-order valence-electron chi connectivity index (χ4n) is 2.37. The number of aryl methyl sites for hydroxylation is 1. The number of rotatable bonds is 0. The van der Waals surface area contributed by atoms with Gasteiger partial charge in [0.1, 0.15) is 12.1 Å². The Labute approximate surface area is 123 Å². The lowest BCUT2D eigenvalue weighted by Gasteiger charge is -1.98. The van der Waals surface area contributed by atoms with Crippen molar-refractivity contribution in [1.29, 1.82) is 0 Å². The number of nitrogen functional groups attached to an aromatic ring is 2. The zero-order valence-electron chi connectivity index (χ0n) is 11.0. The summed E-state index contributed by atoms with van der Waals surface area (Å²) in [4.78, 5) is 8.05. The van der Waals surface area contributed by atoms with E-state index in [2.05, 4.69) is 20.2 Å². The fourth-order valence-corrected chi connectivity index (χ4v) is 2.37. The smallest absolute Gasteiger partial charge is 0.153 e. The van der Waals surface area contributed by atoms with Crippen molar-refractivity contribution in [3.63, 3.8) is 0 Å². The van der Waals surface area contributed by atoms with E-state index in [9.17, 15) is 0 Å². The first-order chi connectivity index (χ1) is 9.75. The molecule has 1 aromatic carbocycles. The summed E-state index contributed by atoms with van der Waals surface area (Å²) < 4.78 is 0. The van der Waals surface area contributed by atoms with Gasteiger partial charge in [0.05, 0.1) is 5.52 Å². The lowest BCUT2D eigenvalue weighted by atomic mass is 10.2. The number of H-pyrrole nitrogens is 1. The predicted molar refractivity (Wildman–Crippen MR) is 85.7 cm³/mol. The minimum absolute atomic E-state index is 0. The SMILES string of the molecule is C.Nc1n[nH]c2ccccc12.Nc1ncnc2c1CCC2. The molecule has 0 fully saturated rings. The molecule has 0 saturated heterocycles. The number of nitrogens with one attached hydrogen (secondary N) is 1. The number of para-hydroxylation sites is 1. The first kappa shape index (κ1) is 14.8. The van der Waals surface area contributed by atoms with Crippen molar-refractivity contribution in [2.75, 3.05) is 11.5 Å². The Bertz CT molecular complexity index is 734. The van der Waals surface area contributed by atoms with E-state index >= 15 is 0 Å². The number of nitrogens with zero attached hydrogens (tertiary/aromatic N) is 3. The van der Waals surface area contributed by atoms with E-state index in [-0.39, 0.29) is 7.43 Å². The van der Waals surface area contributed by atoms with Crippen molar-refractivity contribution in [1.82, 2.24) is 20.2 Å².